The van der Waals surface area contributed by atoms with Crippen LogP contribution in [-0.4, -0.2) is 42.5 Å². The number of nitrogens with zero attached hydrogens (tertiary/aromatic N) is 1. The zero-order valence-corrected chi connectivity index (χ0v) is 23.7. The van der Waals surface area contributed by atoms with Gasteiger partial charge in [0.15, 0.2) is 6.61 Å². The van der Waals surface area contributed by atoms with Crippen molar-refractivity contribution >= 4 is 39.3 Å². The summed E-state index contributed by atoms with van der Waals surface area (Å²) in [4.78, 5) is 29.1. The lowest BCUT2D eigenvalue weighted by Gasteiger charge is -2.32. The van der Waals surface area contributed by atoms with Crippen LogP contribution in [0.5, 0.6) is 11.5 Å². The maximum Gasteiger partial charge on any atom is 0.261 e. The van der Waals surface area contributed by atoms with Crippen LogP contribution >= 0.6 is 27.5 Å². The number of halogens is 2. The molecule has 0 heterocycles. The Morgan fingerprint density at radius 2 is 1.76 bits per heavy atom. The molecule has 1 N–H and O–H groups in total. The maximum atomic E-state index is 13.8. The topological polar surface area (TPSA) is 67.9 Å². The van der Waals surface area contributed by atoms with Gasteiger partial charge in [0.05, 0.1) is 11.6 Å². The molecule has 3 aromatic rings. The molecule has 0 aliphatic heterocycles. The molecule has 0 aromatic heterocycles. The van der Waals surface area contributed by atoms with E-state index in [4.69, 9.17) is 21.1 Å². The SMILES string of the molecule is COc1cccc(CN(C(=O)COc2ccc(Cl)cc2Br)[C@@H](Cc2ccccc2)C(=O)NC2CCCC2)c1. The number of nitrogens with one attached hydrogen (secondary N) is 1. The number of methoxy groups -OCH3 is 1. The normalized spacial score (nSPS) is 14.1. The number of carbonyl (C=O) groups excluding carboxylic acids is 2. The maximum absolute atomic E-state index is 13.8. The number of benzene rings is 3. The van der Waals surface area contributed by atoms with E-state index >= 15 is 0 Å². The fourth-order valence-electron chi connectivity index (χ4n) is 4.70. The van der Waals surface area contributed by atoms with Crippen LogP contribution in [0.3, 0.4) is 0 Å². The third-order valence-electron chi connectivity index (χ3n) is 6.70. The third kappa shape index (κ3) is 7.74. The van der Waals surface area contributed by atoms with E-state index in [1.54, 1.807) is 30.2 Å². The van der Waals surface area contributed by atoms with Crippen molar-refractivity contribution in [3.05, 3.63) is 93.4 Å². The van der Waals surface area contributed by atoms with Gasteiger partial charge in [0.2, 0.25) is 5.91 Å². The van der Waals surface area contributed by atoms with Crippen LogP contribution in [-0.2, 0) is 22.6 Å². The van der Waals surface area contributed by atoms with E-state index in [0.29, 0.717) is 27.4 Å². The van der Waals surface area contributed by atoms with Crippen LogP contribution in [0.4, 0.5) is 0 Å². The van der Waals surface area contributed by atoms with Gasteiger partial charge in [-0.05, 0) is 70.2 Å². The lowest BCUT2D eigenvalue weighted by Crippen LogP contribution is -2.53. The molecule has 38 heavy (non-hydrogen) atoms. The second-order valence-corrected chi connectivity index (χ2v) is 10.7. The fraction of sp³-hybridized carbons (Fsp3) is 0.333. The van der Waals surface area contributed by atoms with Gasteiger partial charge in [-0.3, -0.25) is 9.59 Å². The van der Waals surface area contributed by atoms with Crippen molar-refractivity contribution < 1.29 is 19.1 Å². The van der Waals surface area contributed by atoms with Gasteiger partial charge >= 0.3 is 0 Å². The first kappa shape index (κ1) is 28.0. The van der Waals surface area contributed by atoms with E-state index < -0.39 is 6.04 Å². The van der Waals surface area contributed by atoms with Crippen LogP contribution in [0.25, 0.3) is 0 Å². The molecule has 1 atom stereocenters. The van der Waals surface area contributed by atoms with E-state index in [1.165, 1.54) is 0 Å². The van der Waals surface area contributed by atoms with Crippen LogP contribution < -0.4 is 14.8 Å². The summed E-state index contributed by atoms with van der Waals surface area (Å²) in [5, 5.41) is 3.77. The van der Waals surface area contributed by atoms with Gasteiger partial charge in [-0.2, -0.15) is 0 Å². The molecular weight excluding hydrogens is 568 g/mol. The van der Waals surface area contributed by atoms with Crippen molar-refractivity contribution in [1.29, 1.82) is 0 Å². The van der Waals surface area contributed by atoms with Crippen molar-refractivity contribution in [1.82, 2.24) is 10.2 Å². The first-order chi connectivity index (χ1) is 18.4. The predicted molar refractivity (Wildman–Crippen MR) is 153 cm³/mol. The number of carbonyl (C=O) groups is 2. The summed E-state index contributed by atoms with van der Waals surface area (Å²) in [7, 11) is 1.60. The lowest BCUT2D eigenvalue weighted by molar-refractivity contribution is -0.143. The number of hydrogen-bond donors (Lipinski definition) is 1. The Kier molecular flexibility index (Phi) is 10.1. The molecule has 0 spiro atoms. The Morgan fingerprint density at radius 3 is 2.47 bits per heavy atom. The molecular formula is C30H32BrClN2O4. The molecule has 200 valence electrons. The average molecular weight is 600 g/mol. The number of amides is 2. The highest BCUT2D eigenvalue weighted by atomic mass is 79.9. The van der Waals surface area contributed by atoms with Gasteiger partial charge in [-0.15, -0.1) is 0 Å². The zero-order valence-electron chi connectivity index (χ0n) is 21.4. The molecule has 1 aliphatic carbocycles. The highest BCUT2D eigenvalue weighted by Gasteiger charge is 2.32. The largest absolute Gasteiger partial charge is 0.497 e. The Hall–Kier alpha value is -3.03. The second kappa shape index (κ2) is 13.7. The first-order valence-electron chi connectivity index (χ1n) is 12.8. The molecule has 0 radical (unpaired) electrons. The van der Waals surface area contributed by atoms with Gasteiger partial charge in [0.1, 0.15) is 17.5 Å². The predicted octanol–water partition coefficient (Wildman–Crippen LogP) is 6.19. The van der Waals surface area contributed by atoms with E-state index in [9.17, 15) is 9.59 Å². The van der Waals surface area contributed by atoms with Gasteiger partial charge in [0.25, 0.3) is 5.91 Å². The Balaban J connectivity index is 1.63. The van der Waals surface area contributed by atoms with Crippen molar-refractivity contribution in [2.45, 2.75) is 50.7 Å². The fourth-order valence-corrected chi connectivity index (χ4v) is 5.50. The Labute approximate surface area is 237 Å². The van der Waals surface area contributed by atoms with Gasteiger partial charge < -0.3 is 19.7 Å². The molecule has 0 saturated heterocycles. The third-order valence-corrected chi connectivity index (χ3v) is 7.56. The minimum atomic E-state index is -0.714. The average Bonchev–Trinajstić information content (AvgIpc) is 3.43. The molecule has 1 saturated carbocycles. The summed E-state index contributed by atoms with van der Waals surface area (Å²) in [5.41, 5.74) is 1.83. The van der Waals surface area contributed by atoms with Crippen molar-refractivity contribution in [2.24, 2.45) is 0 Å². The van der Waals surface area contributed by atoms with Crippen LogP contribution in [0.1, 0.15) is 36.8 Å². The van der Waals surface area contributed by atoms with E-state index in [2.05, 4.69) is 21.2 Å². The summed E-state index contributed by atoms with van der Waals surface area (Å²) in [6.07, 6.45) is 4.51. The summed E-state index contributed by atoms with van der Waals surface area (Å²) in [6, 6.07) is 21.9. The molecule has 2 amide bonds. The van der Waals surface area contributed by atoms with E-state index in [-0.39, 0.29) is 31.0 Å². The van der Waals surface area contributed by atoms with E-state index in [0.717, 1.165) is 36.8 Å². The Bertz CT molecular complexity index is 1230. The van der Waals surface area contributed by atoms with Crippen molar-refractivity contribution in [3.8, 4) is 11.5 Å². The van der Waals surface area contributed by atoms with Gasteiger partial charge in [0, 0.05) is 24.0 Å². The number of rotatable bonds is 11. The minimum absolute atomic E-state index is 0.135. The minimum Gasteiger partial charge on any atom is -0.497 e. The molecule has 0 bridgehead atoms. The zero-order chi connectivity index (χ0) is 26.9. The van der Waals surface area contributed by atoms with Crippen molar-refractivity contribution in [3.63, 3.8) is 0 Å². The summed E-state index contributed by atoms with van der Waals surface area (Å²) < 4.78 is 11.9. The van der Waals surface area contributed by atoms with Crippen LogP contribution in [0.2, 0.25) is 5.02 Å². The monoisotopic (exact) mass is 598 g/mol. The summed E-state index contributed by atoms with van der Waals surface area (Å²) in [5.74, 6) is 0.743. The second-order valence-electron chi connectivity index (χ2n) is 9.43. The summed E-state index contributed by atoms with van der Waals surface area (Å²) in [6.45, 7) is 0.00294. The van der Waals surface area contributed by atoms with E-state index in [1.807, 2.05) is 54.6 Å². The molecule has 6 nitrogen and oxygen atoms in total. The smallest absolute Gasteiger partial charge is 0.261 e. The summed E-state index contributed by atoms with van der Waals surface area (Å²) >= 11 is 9.49. The number of hydrogen-bond acceptors (Lipinski definition) is 4. The van der Waals surface area contributed by atoms with Crippen LogP contribution in [0.15, 0.2) is 77.3 Å². The first-order valence-corrected chi connectivity index (χ1v) is 13.9. The molecule has 4 rings (SSSR count). The highest BCUT2D eigenvalue weighted by molar-refractivity contribution is 9.10. The molecule has 8 heteroatoms. The quantitative estimate of drug-likeness (QED) is 0.286. The van der Waals surface area contributed by atoms with Crippen molar-refractivity contribution in [2.75, 3.05) is 13.7 Å². The molecule has 3 aromatic carbocycles. The van der Waals surface area contributed by atoms with Crippen LogP contribution in [0, 0.1) is 0 Å². The molecule has 0 unspecified atom stereocenters. The lowest BCUT2D eigenvalue weighted by atomic mass is 10.0. The van der Waals surface area contributed by atoms with Gasteiger partial charge in [-0.1, -0.05) is 66.9 Å². The standard InChI is InChI=1S/C30H32BrClN2O4/c1-37-25-13-7-10-22(16-25)19-34(29(35)20-38-28-15-14-23(32)18-26(28)31)27(17-21-8-3-2-4-9-21)30(36)33-24-11-5-6-12-24/h2-4,7-10,13-16,18,24,27H,5-6,11-12,17,19-20H2,1H3,(H,33,36)/t27-/m0/s1. The molecule has 1 aliphatic rings. The van der Waals surface area contributed by atoms with Gasteiger partial charge in [-0.25, -0.2) is 0 Å². The number of ether oxygens (including phenoxy) is 2. The highest BCUT2D eigenvalue weighted by Crippen LogP contribution is 2.28. The molecule has 1 fully saturated rings. The Morgan fingerprint density at radius 1 is 1.03 bits per heavy atom.